The maximum absolute atomic E-state index is 12.0. The Balaban J connectivity index is 2.22. The lowest BCUT2D eigenvalue weighted by atomic mass is 9.75. The molecule has 0 bridgehead atoms. The molecule has 1 aliphatic rings. The van der Waals surface area contributed by atoms with Crippen LogP contribution in [0.2, 0.25) is 0 Å². The Morgan fingerprint density at radius 3 is 2.32 bits per heavy atom. The molecule has 1 rings (SSSR count). The average molecular weight is 269 g/mol. The number of rotatable bonds is 4. The van der Waals surface area contributed by atoms with Crippen LogP contribution in [0.15, 0.2) is 0 Å². The molecular weight excluding hydrogens is 238 g/mol. The predicted molar refractivity (Wildman–Crippen MR) is 80.3 cm³/mol. The molecule has 0 unspecified atom stereocenters. The van der Waals surface area contributed by atoms with E-state index in [2.05, 4.69) is 45.1 Å². The molecule has 1 fully saturated rings. The summed E-state index contributed by atoms with van der Waals surface area (Å²) in [5.41, 5.74) is 0.369. The van der Waals surface area contributed by atoms with E-state index in [1.165, 1.54) is 0 Å². The molecular formula is C15H31N3O. The van der Waals surface area contributed by atoms with Crippen molar-refractivity contribution in [3.05, 3.63) is 0 Å². The molecule has 1 heterocycles. The summed E-state index contributed by atoms with van der Waals surface area (Å²) in [6, 6.07) is 0.117. The molecule has 0 saturated carbocycles. The van der Waals surface area contributed by atoms with Crippen LogP contribution in [0, 0.1) is 11.3 Å². The van der Waals surface area contributed by atoms with Gasteiger partial charge < -0.3 is 15.1 Å². The Labute approximate surface area is 118 Å². The van der Waals surface area contributed by atoms with Crippen molar-refractivity contribution in [1.82, 2.24) is 15.1 Å². The van der Waals surface area contributed by atoms with Crippen molar-refractivity contribution in [3.63, 3.8) is 0 Å². The maximum Gasteiger partial charge on any atom is 0.317 e. The van der Waals surface area contributed by atoms with Crippen molar-refractivity contribution in [2.24, 2.45) is 11.3 Å². The smallest absolute Gasteiger partial charge is 0.317 e. The lowest BCUT2D eigenvalue weighted by molar-refractivity contribution is 0.122. The molecule has 1 aliphatic heterocycles. The summed E-state index contributed by atoms with van der Waals surface area (Å²) < 4.78 is 0. The van der Waals surface area contributed by atoms with Crippen LogP contribution in [-0.4, -0.2) is 56.1 Å². The summed E-state index contributed by atoms with van der Waals surface area (Å²) in [7, 11) is 4.11. The van der Waals surface area contributed by atoms with Crippen molar-refractivity contribution in [1.29, 1.82) is 0 Å². The molecule has 2 amide bonds. The number of hydrogen-bond donors (Lipinski definition) is 1. The number of carbonyl (C=O) groups excluding carboxylic acids is 1. The number of piperidine rings is 1. The minimum absolute atomic E-state index is 0.117. The third-order valence-electron chi connectivity index (χ3n) is 4.07. The van der Waals surface area contributed by atoms with Crippen LogP contribution in [0.25, 0.3) is 0 Å². The molecule has 0 aliphatic carbocycles. The second-order valence-electron chi connectivity index (χ2n) is 7.02. The Hall–Kier alpha value is -0.770. The van der Waals surface area contributed by atoms with Gasteiger partial charge in [-0.05, 0) is 51.2 Å². The Morgan fingerprint density at radius 2 is 1.84 bits per heavy atom. The third kappa shape index (κ3) is 5.81. The summed E-state index contributed by atoms with van der Waals surface area (Å²) >= 11 is 0. The average Bonchev–Trinajstić information content (AvgIpc) is 2.33. The molecule has 19 heavy (non-hydrogen) atoms. The van der Waals surface area contributed by atoms with Crippen LogP contribution in [0.3, 0.4) is 0 Å². The highest BCUT2D eigenvalue weighted by atomic mass is 16.2. The topological polar surface area (TPSA) is 35.6 Å². The first-order valence-electron chi connectivity index (χ1n) is 7.48. The van der Waals surface area contributed by atoms with Crippen molar-refractivity contribution in [3.8, 4) is 0 Å². The van der Waals surface area contributed by atoms with Crippen molar-refractivity contribution < 1.29 is 4.79 Å². The van der Waals surface area contributed by atoms with E-state index >= 15 is 0 Å². The highest BCUT2D eigenvalue weighted by Gasteiger charge is 2.30. The van der Waals surface area contributed by atoms with Gasteiger partial charge in [-0.25, -0.2) is 4.79 Å². The summed E-state index contributed by atoms with van der Waals surface area (Å²) in [6.45, 7) is 10.5. The van der Waals surface area contributed by atoms with Crippen LogP contribution in [0.1, 0.15) is 40.0 Å². The summed E-state index contributed by atoms with van der Waals surface area (Å²) in [5, 5.41) is 3.02. The number of hydrogen-bond acceptors (Lipinski definition) is 2. The fourth-order valence-corrected chi connectivity index (χ4v) is 2.65. The molecule has 0 spiro atoms. The second-order valence-corrected chi connectivity index (χ2v) is 7.02. The molecule has 0 aromatic rings. The lowest BCUT2D eigenvalue weighted by Gasteiger charge is -2.38. The molecule has 4 nitrogen and oxygen atoms in total. The van der Waals surface area contributed by atoms with E-state index in [4.69, 9.17) is 0 Å². The van der Waals surface area contributed by atoms with E-state index in [0.29, 0.717) is 5.41 Å². The van der Waals surface area contributed by atoms with Gasteiger partial charge in [-0.1, -0.05) is 20.8 Å². The van der Waals surface area contributed by atoms with E-state index in [1.807, 2.05) is 4.90 Å². The second kappa shape index (κ2) is 7.13. The Bertz CT molecular complexity index is 276. The number of carbonyl (C=O) groups is 1. The Kier molecular flexibility index (Phi) is 6.11. The van der Waals surface area contributed by atoms with Crippen molar-refractivity contribution in [2.75, 3.05) is 40.3 Å². The van der Waals surface area contributed by atoms with Crippen molar-refractivity contribution >= 4 is 6.03 Å². The van der Waals surface area contributed by atoms with Crippen LogP contribution in [-0.2, 0) is 0 Å². The van der Waals surface area contributed by atoms with Gasteiger partial charge in [0.25, 0.3) is 0 Å². The number of nitrogens with zero attached hydrogens (tertiary/aromatic N) is 2. The van der Waals surface area contributed by atoms with Crippen LogP contribution >= 0.6 is 0 Å². The van der Waals surface area contributed by atoms with Crippen molar-refractivity contribution in [2.45, 2.75) is 40.0 Å². The van der Waals surface area contributed by atoms with Gasteiger partial charge in [0.05, 0.1) is 0 Å². The monoisotopic (exact) mass is 269 g/mol. The first-order chi connectivity index (χ1) is 8.80. The summed E-state index contributed by atoms with van der Waals surface area (Å²) in [5.74, 6) is 0.741. The largest absolute Gasteiger partial charge is 0.338 e. The van der Waals surface area contributed by atoms with Gasteiger partial charge in [0.2, 0.25) is 0 Å². The molecule has 1 N–H and O–H groups in total. The molecule has 0 aromatic carbocycles. The van der Waals surface area contributed by atoms with Crippen LogP contribution < -0.4 is 5.32 Å². The maximum atomic E-state index is 12.0. The SMILES string of the molecule is CN(C)CCCNC(=O)N1CCC(C(C)(C)C)CC1. The van der Waals surface area contributed by atoms with Gasteiger partial charge in [0.15, 0.2) is 0 Å². The minimum atomic E-state index is 0.117. The van der Waals surface area contributed by atoms with E-state index < -0.39 is 0 Å². The summed E-state index contributed by atoms with van der Waals surface area (Å²) in [6.07, 6.45) is 3.28. The fraction of sp³-hybridized carbons (Fsp3) is 0.933. The normalized spacial score (nSPS) is 17.9. The molecule has 4 heteroatoms. The van der Waals surface area contributed by atoms with E-state index in [-0.39, 0.29) is 6.03 Å². The minimum Gasteiger partial charge on any atom is -0.338 e. The Morgan fingerprint density at radius 1 is 1.26 bits per heavy atom. The predicted octanol–water partition coefficient (Wildman–Crippen LogP) is 2.41. The lowest BCUT2D eigenvalue weighted by Crippen LogP contribution is -2.46. The van der Waals surface area contributed by atoms with Gasteiger partial charge in [0.1, 0.15) is 0 Å². The van der Waals surface area contributed by atoms with E-state index in [0.717, 1.165) is 51.4 Å². The zero-order valence-corrected chi connectivity index (χ0v) is 13.3. The highest BCUT2D eigenvalue weighted by molar-refractivity contribution is 5.74. The van der Waals surface area contributed by atoms with E-state index in [1.54, 1.807) is 0 Å². The quantitative estimate of drug-likeness (QED) is 0.796. The molecule has 0 atom stereocenters. The first-order valence-corrected chi connectivity index (χ1v) is 7.48. The van der Waals surface area contributed by atoms with Gasteiger partial charge in [-0.2, -0.15) is 0 Å². The van der Waals surface area contributed by atoms with Gasteiger partial charge in [-0.15, -0.1) is 0 Å². The molecule has 0 aromatic heterocycles. The van der Waals surface area contributed by atoms with Crippen LogP contribution in [0.4, 0.5) is 4.79 Å². The number of likely N-dealkylation sites (tertiary alicyclic amines) is 1. The number of amides is 2. The van der Waals surface area contributed by atoms with Crippen LogP contribution in [0.5, 0.6) is 0 Å². The number of nitrogens with one attached hydrogen (secondary N) is 1. The standard InChI is InChI=1S/C15H31N3O/c1-15(2,3)13-7-11-18(12-8-13)14(19)16-9-6-10-17(4)5/h13H,6-12H2,1-5H3,(H,16,19). The zero-order valence-electron chi connectivity index (χ0n) is 13.3. The highest BCUT2D eigenvalue weighted by Crippen LogP contribution is 2.34. The fourth-order valence-electron chi connectivity index (χ4n) is 2.65. The molecule has 0 radical (unpaired) electrons. The number of urea groups is 1. The summed E-state index contributed by atoms with van der Waals surface area (Å²) in [4.78, 5) is 16.1. The van der Waals surface area contributed by atoms with Gasteiger partial charge in [0, 0.05) is 19.6 Å². The van der Waals surface area contributed by atoms with E-state index in [9.17, 15) is 4.79 Å². The first kappa shape index (κ1) is 16.3. The van der Waals surface area contributed by atoms with Gasteiger partial charge >= 0.3 is 6.03 Å². The third-order valence-corrected chi connectivity index (χ3v) is 4.07. The molecule has 1 saturated heterocycles. The molecule has 112 valence electrons. The zero-order chi connectivity index (χ0) is 14.5. The van der Waals surface area contributed by atoms with Gasteiger partial charge in [-0.3, -0.25) is 0 Å².